The average molecular weight is 300 g/mol. The van der Waals surface area contributed by atoms with E-state index in [9.17, 15) is 13.2 Å². The first-order chi connectivity index (χ1) is 9.56. The molecular weight excluding hydrogens is 285 g/mol. The molecule has 2 aromatic rings. The Bertz CT molecular complexity index is 564. The summed E-state index contributed by atoms with van der Waals surface area (Å²) in [5, 5.41) is 3.27. The van der Waals surface area contributed by atoms with Crippen molar-refractivity contribution in [3.05, 3.63) is 40.2 Å². The van der Waals surface area contributed by atoms with Gasteiger partial charge in [0.2, 0.25) is 0 Å². The van der Waals surface area contributed by atoms with Crippen molar-refractivity contribution in [2.24, 2.45) is 0 Å². The van der Waals surface area contributed by atoms with Crippen LogP contribution >= 0.6 is 11.3 Å². The molecule has 2 nitrogen and oxygen atoms in total. The second-order valence-corrected chi connectivity index (χ2v) is 5.50. The van der Waals surface area contributed by atoms with Gasteiger partial charge >= 0.3 is 0 Å². The van der Waals surface area contributed by atoms with Crippen LogP contribution in [0, 0.1) is 17.5 Å². The molecule has 108 valence electrons. The van der Waals surface area contributed by atoms with E-state index in [2.05, 4.69) is 10.3 Å². The first-order valence-electron chi connectivity index (χ1n) is 6.34. The second kappa shape index (κ2) is 6.37. The van der Waals surface area contributed by atoms with Crippen LogP contribution < -0.4 is 5.32 Å². The molecule has 2 rings (SSSR count). The molecule has 1 N–H and O–H groups in total. The number of thiazole rings is 1. The third-order valence-electron chi connectivity index (χ3n) is 2.82. The predicted molar refractivity (Wildman–Crippen MR) is 74.2 cm³/mol. The summed E-state index contributed by atoms with van der Waals surface area (Å²) in [6.45, 7) is 2.61. The molecule has 0 amide bonds. The highest BCUT2D eigenvalue weighted by Crippen LogP contribution is 2.33. The SMILES string of the molecule is CCCc1nc(-c2c(F)cc(F)cc2F)sc1CNC. The Balaban J connectivity index is 2.50. The van der Waals surface area contributed by atoms with E-state index in [0.29, 0.717) is 18.7 Å². The zero-order chi connectivity index (χ0) is 14.7. The first kappa shape index (κ1) is 15.0. The maximum Gasteiger partial charge on any atom is 0.139 e. The molecule has 0 saturated carbocycles. The molecule has 0 saturated heterocycles. The van der Waals surface area contributed by atoms with Gasteiger partial charge in [-0.3, -0.25) is 0 Å². The van der Waals surface area contributed by atoms with E-state index in [-0.39, 0.29) is 10.6 Å². The van der Waals surface area contributed by atoms with Gasteiger partial charge < -0.3 is 5.32 Å². The van der Waals surface area contributed by atoms with E-state index in [0.717, 1.165) is 23.4 Å². The fourth-order valence-corrected chi connectivity index (χ4v) is 3.14. The number of hydrogen-bond acceptors (Lipinski definition) is 3. The quantitative estimate of drug-likeness (QED) is 0.906. The van der Waals surface area contributed by atoms with Gasteiger partial charge in [0.05, 0.1) is 11.3 Å². The van der Waals surface area contributed by atoms with Crippen LogP contribution in [0.4, 0.5) is 13.2 Å². The summed E-state index contributed by atoms with van der Waals surface area (Å²) in [7, 11) is 1.80. The number of rotatable bonds is 5. The minimum Gasteiger partial charge on any atom is -0.315 e. The van der Waals surface area contributed by atoms with E-state index in [1.165, 1.54) is 11.3 Å². The van der Waals surface area contributed by atoms with E-state index in [1.807, 2.05) is 6.92 Å². The van der Waals surface area contributed by atoms with Crippen LogP contribution in [0.1, 0.15) is 23.9 Å². The lowest BCUT2D eigenvalue weighted by molar-refractivity contribution is 0.548. The topological polar surface area (TPSA) is 24.9 Å². The molecule has 20 heavy (non-hydrogen) atoms. The zero-order valence-corrected chi connectivity index (χ0v) is 12.1. The lowest BCUT2D eigenvalue weighted by atomic mass is 10.2. The van der Waals surface area contributed by atoms with Gasteiger partial charge in [-0.05, 0) is 13.5 Å². The third-order valence-corrected chi connectivity index (χ3v) is 3.94. The Kier molecular flexibility index (Phi) is 4.77. The van der Waals surface area contributed by atoms with Gasteiger partial charge in [0.1, 0.15) is 22.5 Å². The molecule has 6 heteroatoms. The molecule has 0 aliphatic heterocycles. The minimum atomic E-state index is -0.926. The van der Waals surface area contributed by atoms with Gasteiger partial charge in [-0.15, -0.1) is 11.3 Å². The van der Waals surface area contributed by atoms with E-state index < -0.39 is 17.5 Å². The lowest BCUT2D eigenvalue weighted by Gasteiger charge is -2.01. The first-order valence-corrected chi connectivity index (χ1v) is 7.16. The molecule has 0 bridgehead atoms. The second-order valence-electron chi connectivity index (χ2n) is 4.41. The summed E-state index contributed by atoms with van der Waals surface area (Å²) in [5.41, 5.74) is 0.584. The zero-order valence-electron chi connectivity index (χ0n) is 11.3. The number of aromatic nitrogens is 1. The Hall–Kier alpha value is -1.40. The maximum absolute atomic E-state index is 13.8. The molecular formula is C14H15F3N2S. The highest BCUT2D eigenvalue weighted by Gasteiger charge is 2.19. The van der Waals surface area contributed by atoms with E-state index >= 15 is 0 Å². The summed E-state index contributed by atoms with van der Waals surface area (Å²) in [5.74, 6) is -2.77. The fourth-order valence-electron chi connectivity index (χ4n) is 1.97. The molecule has 0 aliphatic rings. The lowest BCUT2D eigenvalue weighted by Crippen LogP contribution is -2.05. The van der Waals surface area contributed by atoms with Crippen LogP contribution in [-0.2, 0) is 13.0 Å². The van der Waals surface area contributed by atoms with Crippen molar-refractivity contribution in [1.29, 1.82) is 0 Å². The van der Waals surface area contributed by atoms with Crippen molar-refractivity contribution in [3.63, 3.8) is 0 Å². The summed E-state index contributed by atoms with van der Waals surface area (Å²) >= 11 is 1.24. The molecule has 0 fully saturated rings. The van der Waals surface area contributed by atoms with Crippen molar-refractivity contribution in [1.82, 2.24) is 10.3 Å². The Morgan fingerprint density at radius 3 is 2.40 bits per heavy atom. The summed E-state index contributed by atoms with van der Waals surface area (Å²) in [4.78, 5) is 5.27. The van der Waals surface area contributed by atoms with Crippen LogP contribution in [0.3, 0.4) is 0 Å². The van der Waals surface area contributed by atoms with Crippen molar-refractivity contribution in [2.75, 3.05) is 7.05 Å². The molecule has 0 radical (unpaired) electrons. The normalized spacial score (nSPS) is 11.1. The molecule has 0 spiro atoms. The summed E-state index contributed by atoms with van der Waals surface area (Å²) in [6.07, 6.45) is 1.65. The monoisotopic (exact) mass is 300 g/mol. The highest BCUT2D eigenvalue weighted by atomic mass is 32.1. The van der Waals surface area contributed by atoms with Gasteiger partial charge in [-0.2, -0.15) is 0 Å². The van der Waals surface area contributed by atoms with Crippen molar-refractivity contribution in [3.8, 4) is 10.6 Å². The number of halogens is 3. The number of aryl methyl sites for hydroxylation is 1. The summed E-state index contributed by atoms with van der Waals surface area (Å²) in [6, 6.07) is 1.36. The number of benzene rings is 1. The number of nitrogens with zero attached hydrogens (tertiary/aromatic N) is 1. The third kappa shape index (κ3) is 3.02. The van der Waals surface area contributed by atoms with Crippen LogP contribution in [-0.4, -0.2) is 12.0 Å². The van der Waals surface area contributed by atoms with Crippen molar-refractivity contribution in [2.45, 2.75) is 26.3 Å². The van der Waals surface area contributed by atoms with Gasteiger partial charge in [-0.25, -0.2) is 18.2 Å². The van der Waals surface area contributed by atoms with Crippen LogP contribution in [0.15, 0.2) is 12.1 Å². The molecule has 1 aromatic carbocycles. The predicted octanol–water partition coefficient (Wildman–Crippen LogP) is 3.90. The number of hydrogen-bond donors (Lipinski definition) is 1. The molecule has 1 aromatic heterocycles. The highest BCUT2D eigenvalue weighted by molar-refractivity contribution is 7.15. The van der Waals surface area contributed by atoms with E-state index in [1.54, 1.807) is 7.05 Å². The number of nitrogens with one attached hydrogen (secondary N) is 1. The molecule has 1 heterocycles. The van der Waals surface area contributed by atoms with Gasteiger partial charge in [0.25, 0.3) is 0 Å². The largest absolute Gasteiger partial charge is 0.315 e. The molecule has 0 aliphatic carbocycles. The van der Waals surface area contributed by atoms with Crippen LogP contribution in [0.2, 0.25) is 0 Å². The fraction of sp³-hybridized carbons (Fsp3) is 0.357. The summed E-state index contributed by atoms with van der Waals surface area (Å²) < 4.78 is 40.5. The molecule has 0 unspecified atom stereocenters. The van der Waals surface area contributed by atoms with Gasteiger partial charge in [0.15, 0.2) is 0 Å². The maximum atomic E-state index is 13.8. The average Bonchev–Trinajstić information content (AvgIpc) is 2.72. The van der Waals surface area contributed by atoms with Gasteiger partial charge in [0, 0.05) is 23.6 Å². The van der Waals surface area contributed by atoms with Crippen molar-refractivity contribution >= 4 is 11.3 Å². The van der Waals surface area contributed by atoms with Gasteiger partial charge in [-0.1, -0.05) is 13.3 Å². The minimum absolute atomic E-state index is 0.254. The standard InChI is InChI=1S/C14H15F3N2S/c1-3-4-11-12(7-18-2)20-14(19-11)13-9(16)5-8(15)6-10(13)17/h5-6,18H,3-4,7H2,1-2H3. The van der Waals surface area contributed by atoms with Crippen LogP contribution in [0.5, 0.6) is 0 Å². The van der Waals surface area contributed by atoms with Crippen LogP contribution in [0.25, 0.3) is 10.6 Å². The Labute approximate surface area is 119 Å². The smallest absolute Gasteiger partial charge is 0.139 e. The van der Waals surface area contributed by atoms with E-state index in [4.69, 9.17) is 0 Å². The Morgan fingerprint density at radius 2 is 1.85 bits per heavy atom. The Morgan fingerprint density at radius 1 is 1.20 bits per heavy atom. The molecule has 0 atom stereocenters. The van der Waals surface area contributed by atoms with Crippen molar-refractivity contribution < 1.29 is 13.2 Å².